The number of ketones is 1. The third kappa shape index (κ3) is 3.26. The highest BCUT2D eigenvalue weighted by molar-refractivity contribution is 5.94. The molecule has 1 aromatic carbocycles. The molecule has 0 saturated carbocycles. The fourth-order valence-corrected chi connectivity index (χ4v) is 2.65. The second kappa shape index (κ2) is 6.24. The minimum atomic E-state index is -0.373. The molecule has 1 aliphatic carbocycles. The molecule has 0 fully saturated rings. The highest BCUT2D eigenvalue weighted by Gasteiger charge is 2.31. The lowest BCUT2D eigenvalue weighted by molar-refractivity contribution is -0.114. The Labute approximate surface area is 133 Å². The predicted octanol–water partition coefficient (Wildman–Crippen LogP) is 1.97. The molecule has 1 unspecified atom stereocenters. The van der Waals surface area contributed by atoms with Gasteiger partial charge in [0.2, 0.25) is 0 Å². The number of halogens is 1. The standard InChI is InChI=1S/C17H17FN2O3/c1-20-14-7-6-13(21)10-15(14)23-16(20)8-9-19-17(22)11-2-4-12(18)5-3-11/h2-7,16H,8-10H2,1H3,(H,19,22). The molecule has 0 aromatic heterocycles. The maximum absolute atomic E-state index is 12.8. The molecule has 0 radical (unpaired) electrons. The van der Waals surface area contributed by atoms with Crippen LogP contribution in [0.1, 0.15) is 23.2 Å². The van der Waals surface area contributed by atoms with Gasteiger partial charge in [0.05, 0.1) is 12.1 Å². The van der Waals surface area contributed by atoms with E-state index in [1.165, 1.54) is 24.3 Å². The third-order valence-corrected chi connectivity index (χ3v) is 3.92. The Bertz CT molecular complexity index is 694. The van der Waals surface area contributed by atoms with Gasteiger partial charge in [-0.05, 0) is 36.4 Å². The van der Waals surface area contributed by atoms with Crippen LogP contribution in [0.25, 0.3) is 0 Å². The van der Waals surface area contributed by atoms with Crippen molar-refractivity contribution in [3.05, 3.63) is 59.3 Å². The summed E-state index contributed by atoms with van der Waals surface area (Å²) in [7, 11) is 1.90. The fourth-order valence-electron chi connectivity index (χ4n) is 2.65. The molecule has 2 aliphatic rings. The summed E-state index contributed by atoms with van der Waals surface area (Å²) < 4.78 is 18.6. The first-order chi connectivity index (χ1) is 11.0. The van der Waals surface area contributed by atoms with Gasteiger partial charge in [-0.1, -0.05) is 0 Å². The first-order valence-corrected chi connectivity index (χ1v) is 7.42. The van der Waals surface area contributed by atoms with E-state index >= 15 is 0 Å². The number of nitrogens with one attached hydrogen (secondary N) is 1. The summed E-state index contributed by atoms with van der Waals surface area (Å²) in [5.41, 5.74) is 1.33. The van der Waals surface area contributed by atoms with Gasteiger partial charge < -0.3 is 15.0 Å². The molecule has 0 bridgehead atoms. The lowest BCUT2D eigenvalue weighted by Crippen LogP contribution is -2.32. The van der Waals surface area contributed by atoms with E-state index in [0.29, 0.717) is 24.3 Å². The van der Waals surface area contributed by atoms with Crippen LogP contribution in [-0.2, 0) is 9.53 Å². The smallest absolute Gasteiger partial charge is 0.251 e. The average Bonchev–Trinajstić information content (AvgIpc) is 2.83. The van der Waals surface area contributed by atoms with Crippen molar-refractivity contribution in [1.82, 2.24) is 10.2 Å². The first kappa shape index (κ1) is 15.3. The molecule has 5 nitrogen and oxygen atoms in total. The summed E-state index contributed by atoms with van der Waals surface area (Å²) >= 11 is 0. The summed E-state index contributed by atoms with van der Waals surface area (Å²) in [6, 6.07) is 5.40. The molecule has 1 aromatic rings. The Morgan fingerprint density at radius 3 is 2.83 bits per heavy atom. The quantitative estimate of drug-likeness (QED) is 0.923. The molecule has 6 heteroatoms. The average molecular weight is 316 g/mol. The van der Waals surface area contributed by atoms with E-state index in [0.717, 1.165) is 5.70 Å². The fraction of sp³-hybridized carbons (Fsp3) is 0.294. The van der Waals surface area contributed by atoms with E-state index in [4.69, 9.17) is 4.74 Å². The third-order valence-electron chi connectivity index (χ3n) is 3.92. The number of allylic oxidation sites excluding steroid dienone is 3. The van der Waals surface area contributed by atoms with Crippen LogP contribution in [-0.4, -0.2) is 36.4 Å². The summed E-state index contributed by atoms with van der Waals surface area (Å²) in [6.07, 6.45) is 3.98. The summed E-state index contributed by atoms with van der Waals surface area (Å²) in [4.78, 5) is 25.3. The minimum absolute atomic E-state index is 0.0300. The molecule has 1 atom stereocenters. The number of likely N-dealkylation sites (N-methyl/N-ethyl adjacent to an activating group) is 1. The lowest BCUT2D eigenvalue weighted by Gasteiger charge is -2.22. The minimum Gasteiger partial charge on any atom is -0.472 e. The zero-order chi connectivity index (χ0) is 16.4. The number of carbonyl (C=O) groups is 2. The van der Waals surface area contributed by atoms with Crippen LogP contribution in [0.3, 0.4) is 0 Å². The van der Waals surface area contributed by atoms with E-state index in [-0.39, 0.29) is 30.2 Å². The van der Waals surface area contributed by atoms with Gasteiger partial charge in [0.15, 0.2) is 12.0 Å². The Morgan fingerprint density at radius 2 is 2.09 bits per heavy atom. The second-order valence-electron chi connectivity index (χ2n) is 5.52. The number of rotatable bonds is 4. The number of amides is 1. The lowest BCUT2D eigenvalue weighted by atomic mass is 10.1. The number of carbonyl (C=O) groups excluding carboxylic acids is 2. The van der Waals surface area contributed by atoms with E-state index in [9.17, 15) is 14.0 Å². The van der Waals surface area contributed by atoms with Crippen LogP contribution in [0.5, 0.6) is 0 Å². The van der Waals surface area contributed by atoms with E-state index in [1.54, 1.807) is 12.2 Å². The monoisotopic (exact) mass is 316 g/mol. The van der Waals surface area contributed by atoms with Crippen molar-refractivity contribution >= 4 is 11.7 Å². The van der Waals surface area contributed by atoms with Gasteiger partial charge >= 0.3 is 0 Å². The van der Waals surface area contributed by atoms with Crippen LogP contribution in [0.4, 0.5) is 4.39 Å². The SMILES string of the molecule is CN1C2=C(CC(=O)C=C2)OC1CCNC(=O)c1ccc(F)cc1. The predicted molar refractivity (Wildman–Crippen MR) is 81.8 cm³/mol. The molecular weight excluding hydrogens is 299 g/mol. The van der Waals surface area contributed by atoms with Crippen LogP contribution in [0.15, 0.2) is 47.9 Å². The molecular formula is C17H17FN2O3. The van der Waals surface area contributed by atoms with Crippen LogP contribution in [0.2, 0.25) is 0 Å². The maximum atomic E-state index is 12.8. The normalized spacial score (nSPS) is 19.7. The van der Waals surface area contributed by atoms with Crippen molar-refractivity contribution in [1.29, 1.82) is 0 Å². The summed E-state index contributed by atoms with van der Waals surface area (Å²) in [6.45, 7) is 0.420. The summed E-state index contributed by atoms with van der Waals surface area (Å²) in [5, 5.41) is 2.78. The largest absolute Gasteiger partial charge is 0.472 e. The summed E-state index contributed by atoms with van der Waals surface area (Å²) in [5.74, 6) is 0.0949. The molecule has 1 aliphatic heterocycles. The molecule has 1 amide bonds. The highest BCUT2D eigenvalue weighted by Crippen LogP contribution is 2.31. The van der Waals surface area contributed by atoms with Gasteiger partial charge in [-0.15, -0.1) is 0 Å². The van der Waals surface area contributed by atoms with Crippen molar-refractivity contribution in [2.75, 3.05) is 13.6 Å². The van der Waals surface area contributed by atoms with E-state index < -0.39 is 0 Å². The second-order valence-corrected chi connectivity index (χ2v) is 5.52. The van der Waals surface area contributed by atoms with Gasteiger partial charge in [-0.25, -0.2) is 4.39 Å². The number of hydrogen-bond donors (Lipinski definition) is 1. The molecule has 3 rings (SSSR count). The number of hydrogen-bond acceptors (Lipinski definition) is 4. The molecule has 23 heavy (non-hydrogen) atoms. The van der Waals surface area contributed by atoms with Crippen molar-refractivity contribution in [3.63, 3.8) is 0 Å². The topological polar surface area (TPSA) is 58.6 Å². The van der Waals surface area contributed by atoms with Crippen molar-refractivity contribution < 1.29 is 18.7 Å². The molecule has 120 valence electrons. The van der Waals surface area contributed by atoms with Gasteiger partial charge in [0.25, 0.3) is 5.91 Å². The maximum Gasteiger partial charge on any atom is 0.251 e. The van der Waals surface area contributed by atoms with Crippen molar-refractivity contribution in [2.24, 2.45) is 0 Å². The van der Waals surface area contributed by atoms with E-state index in [1.807, 2.05) is 11.9 Å². The first-order valence-electron chi connectivity index (χ1n) is 7.42. The zero-order valence-corrected chi connectivity index (χ0v) is 12.7. The number of ether oxygens (including phenoxy) is 1. The molecule has 1 heterocycles. The van der Waals surface area contributed by atoms with Crippen molar-refractivity contribution in [3.8, 4) is 0 Å². The Hall–Kier alpha value is -2.63. The van der Waals surface area contributed by atoms with Gasteiger partial charge in [0.1, 0.15) is 11.6 Å². The Balaban J connectivity index is 1.50. The van der Waals surface area contributed by atoms with Crippen LogP contribution in [0, 0.1) is 5.82 Å². The van der Waals surface area contributed by atoms with E-state index in [2.05, 4.69) is 5.32 Å². The Kier molecular flexibility index (Phi) is 4.14. The van der Waals surface area contributed by atoms with Gasteiger partial charge in [-0.3, -0.25) is 9.59 Å². The highest BCUT2D eigenvalue weighted by atomic mass is 19.1. The van der Waals surface area contributed by atoms with Gasteiger partial charge in [0, 0.05) is 25.6 Å². The number of benzene rings is 1. The zero-order valence-electron chi connectivity index (χ0n) is 12.7. The van der Waals surface area contributed by atoms with Crippen molar-refractivity contribution in [2.45, 2.75) is 19.1 Å². The van der Waals surface area contributed by atoms with Crippen LogP contribution < -0.4 is 5.32 Å². The number of nitrogens with zero attached hydrogens (tertiary/aromatic N) is 1. The van der Waals surface area contributed by atoms with Crippen LogP contribution >= 0.6 is 0 Å². The molecule has 1 N–H and O–H groups in total. The van der Waals surface area contributed by atoms with Gasteiger partial charge in [-0.2, -0.15) is 0 Å². The molecule has 0 saturated heterocycles. The molecule has 0 spiro atoms. The Morgan fingerprint density at radius 1 is 1.35 bits per heavy atom.